The van der Waals surface area contributed by atoms with Crippen LogP contribution in [-0.4, -0.2) is 25.2 Å². The number of nitrogens with one attached hydrogen (secondary N) is 1. The lowest BCUT2D eigenvalue weighted by Gasteiger charge is -2.27. The van der Waals surface area contributed by atoms with Crippen molar-refractivity contribution in [2.24, 2.45) is 0 Å². The summed E-state index contributed by atoms with van der Waals surface area (Å²) in [5.74, 6) is 0. The predicted molar refractivity (Wildman–Crippen MR) is 80.7 cm³/mol. The average Bonchev–Trinajstić information content (AvgIpc) is 2.55. The smallest absolute Gasteiger partial charge is 0.140 e. The third-order valence-electron chi connectivity index (χ3n) is 3.81. The van der Waals surface area contributed by atoms with Crippen LogP contribution in [0.4, 0.5) is 0 Å². The van der Waals surface area contributed by atoms with Gasteiger partial charge in [0.05, 0.1) is 12.7 Å². The number of nitrogens with zero attached hydrogens (tertiary/aromatic N) is 2. The number of hydrogen-bond donors (Lipinski definition) is 1. The van der Waals surface area contributed by atoms with Gasteiger partial charge < -0.3 is 10.1 Å². The second kappa shape index (κ2) is 6.04. The molecule has 106 valence electrons. The molecule has 1 aromatic heterocycles. The molecule has 0 spiro atoms. The van der Waals surface area contributed by atoms with E-state index in [1.807, 2.05) is 13.1 Å². The van der Waals surface area contributed by atoms with Gasteiger partial charge in [-0.15, -0.1) is 0 Å². The van der Waals surface area contributed by atoms with E-state index >= 15 is 0 Å². The van der Waals surface area contributed by atoms with Gasteiger partial charge in [0.25, 0.3) is 0 Å². The highest BCUT2D eigenvalue weighted by Crippen LogP contribution is 2.34. The zero-order valence-electron chi connectivity index (χ0n) is 12.0. The molecule has 3 rings (SSSR count). The minimum Gasteiger partial charge on any atom is -0.372 e. The number of pyridine rings is 1. The second-order valence-electron chi connectivity index (χ2n) is 5.08. The lowest BCUT2D eigenvalue weighted by Crippen LogP contribution is -2.25. The lowest BCUT2D eigenvalue weighted by molar-refractivity contribution is 0.0440. The molecule has 2 heterocycles. The zero-order valence-corrected chi connectivity index (χ0v) is 12.0. The summed E-state index contributed by atoms with van der Waals surface area (Å²) in [6, 6.07) is 12.1. The highest BCUT2D eigenvalue weighted by molar-refractivity contribution is 5.69. The fraction of sp³-hybridized carbons (Fsp3) is 0.294. The Kier molecular flexibility index (Phi) is 3.96. The van der Waals surface area contributed by atoms with Gasteiger partial charge in [-0.25, -0.2) is 4.98 Å². The Hall–Kier alpha value is -2.22. The Balaban J connectivity index is 2.03. The van der Waals surface area contributed by atoms with Crippen molar-refractivity contribution in [2.75, 3.05) is 20.2 Å². The van der Waals surface area contributed by atoms with E-state index in [2.05, 4.69) is 34.6 Å². The van der Waals surface area contributed by atoms with Gasteiger partial charge >= 0.3 is 0 Å². The molecular weight excluding hydrogens is 262 g/mol. The van der Waals surface area contributed by atoms with E-state index in [0.717, 1.165) is 25.1 Å². The first-order chi connectivity index (χ1) is 10.3. The van der Waals surface area contributed by atoms with E-state index in [9.17, 15) is 0 Å². The van der Waals surface area contributed by atoms with Crippen molar-refractivity contribution < 1.29 is 4.74 Å². The number of ether oxygens (including phenoxy) is 1. The first-order valence-corrected chi connectivity index (χ1v) is 7.08. The molecule has 21 heavy (non-hydrogen) atoms. The quantitative estimate of drug-likeness (QED) is 0.937. The molecule has 0 amide bonds. The standard InChI is InChI=1S/C17H17N3O/c1-19-11-17-16-4-2-3-14(15(16)7-8-21-17)12-5-6-13(9-18)20-10-12/h2-6,10,17,19H,7-8,11H2,1H3/t17-/m1/s1. The summed E-state index contributed by atoms with van der Waals surface area (Å²) in [5, 5.41) is 12.0. The number of fused-ring (bicyclic) bond motifs is 1. The van der Waals surface area contributed by atoms with Crippen LogP contribution in [0.2, 0.25) is 0 Å². The minimum absolute atomic E-state index is 0.102. The molecule has 0 bridgehead atoms. The number of nitriles is 1. The second-order valence-corrected chi connectivity index (χ2v) is 5.08. The van der Waals surface area contributed by atoms with E-state index in [1.165, 1.54) is 16.7 Å². The van der Waals surface area contributed by atoms with Gasteiger partial charge in [-0.3, -0.25) is 0 Å². The van der Waals surface area contributed by atoms with Crippen LogP contribution in [0.5, 0.6) is 0 Å². The molecule has 0 fully saturated rings. The van der Waals surface area contributed by atoms with Crippen LogP contribution in [0.3, 0.4) is 0 Å². The maximum absolute atomic E-state index is 8.85. The van der Waals surface area contributed by atoms with Crippen LogP contribution < -0.4 is 5.32 Å². The van der Waals surface area contributed by atoms with E-state index in [1.54, 1.807) is 12.3 Å². The van der Waals surface area contributed by atoms with Crippen LogP contribution in [-0.2, 0) is 11.2 Å². The summed E-state index contributed by atoms with van der Waals surface area (Å²) in [6.07, 6.45) is 2.78. The molecule has 1 N–H and O–H groups in total. The van der Waals surface area contributed by atoms with Crippen molar-refractivity contribution in [2.45, 2.75) is 12.5 Å². The predicted octanol–water partition coefficient (Wildman–Crippen LogP) is 2.45. The molecule has 0 saturated carbocycles. The topological polar surface area (TPSA) is 57.9 Å². The number of benzene rings is 1. The van der Waals surface area contributed by atoms with E-state index < -0.39 is 0 Å². The van der Waals surface area contributed by atoms with Gasteiger partial charge in [0.1, 0.15) is 11.8 Å². The number of likely N-dealkylation sites (N-methyl/N-ethyl adjacent to an activating group) is 1. The maximum Gasteiger partial charge on any atom is 0.140 e. The molecule has 0 aliphatic carbocycles. The first kappa shape index (κ1) is 13.7. The fourth-order valence-electron chi connectivity index (χ4n) is 2.82. The van der Waals surface area contributed by atoms with E-state index in [4.69, 9.17) is 10.00 Å². The molecule has 2 aromatic rings. The molecule has 0 unspecified atom stereocenters. The highest BCUT2D eigenvalue weighted by atomic mass is 16.5. The summed E-state index contributed by atoms with van der Waals surface area (Å²) in [5.41, 5.74) is 5.26. The molecule has 0 saturated heterocycles. The maximum atomic E-state index is 8.85. The van der Waals surface area contributed by atoms with Gasteiger partial charge in [-0.2, -0.15) is 5.26 Å². The molecule has 1 aliphatic rings. The summed E-state index contributed by atoms with van der Waals surface area (Å²) in [6.45, 7) is 1.54. The highest BCUT2D eigenvalue weighted by Gasteiger charge is 2.22. The molecule has 4 nitrogen and oxygen atoms in total. The average molecular weight is 279 g/mol. The minimum atomic E-state index is 0.102. The van der Waals surface area contributed by atoms with Gasteiger partial charge in [0.2, 0.25) is 0 Å². The van der Waals surface area contributed by atoms with Crippen molar-refractivity contribution in [3.05, 3.63) is 53.3 Å². The number of rotatable bonds is 3. The van der Waals surface area contributed by atoms with Gasteiger partial charge in [-0.1, -0.05) is 18.2 Å². The summed E-state index contributed by atoms with van der Waals surface area (Å²) >= 11 is 0. The van der Waals surface area contributed by atoms with Crippen molar-refractivity contribution >= 4 is 0 Å². The number of hydrogen-bond acceptors (Lipinski definition) is 4. The Labute approximate surface area is 124 Å². The van der Waals surface area contributed by atoms with Crippen molar-refractivity contribution in [3.63, 3.8) is 0 Å². The largest absolute Gasteiger partial charge is 0.372 e. The lowest BCUT2D eigenvalue weighted by atomic mass is 9.90. The van der Waals surface area contributed by atoms with Crippen LogP contribution in [0, 0.1) is 11.3 Å². The van der Waals surface area contributed by atoms with Gasteiger partial charge in [0, 0.05) is 18.3 Å². The SMILES string of the molecule is CNC[C@H]1OCCc2c(-c3ccc(C#N)nc3)cccc21. The molecule has 4 heteroatoms. The zero-order chi connectivity index (χ0) is 14.7. The van der Waals surface area contributed by atoms with Crippen LogP contribution >= 0.6 is 0 Å². The van der Waals surface area contributed by atoms with Crippen molar-refractivity contribution in [1.29, 1.82) is 5.26 Å². The van der Waals surface area contributed by atoms with Crippen LogP contribution in [0.1, 0.15) is 22.9 Å². The van der Waals surface area contributed by atoms with Gasteiger partial charge in [-0.05, 0) is 42.3 Å². The monoisotopic (exact) mass is 279 g/mol. The fourth-order valence-corrected chi connectivity index (χ4v) is 2.82. The van der Waals surface area contributed by atoms with E-state index in [0.29, 0.717) is 5.69 Å². The molecule has 0 radical (unpaired) electrons. The van der Waals surface area contributed by atoms with Crippen LogP contribution in [0.25, 0.3) is 11.1 Å². The van der Waals surface area contributed by atoms with Crippen molar-refractivity contribution in [1.82, 2.24) is 10.3 Å². The molecular formula is C17H17N3O. The normalized spacial score (nSPS) is 17.0. The Morgan fingerprint density at radius 1 is 1.38 bits per heavy atom. The Bertz CT molecular complexity index is 673. The summed E-state index contributed by atoms with van der Waals surface area (Å²) in [7, 11) is 1.94. The summed E-state index contributed by atoms with van der Waals surface area (Å²) < 4.78 is 5.85. The van der Waals surface area contributed by atoms with Crippen molar-refractivity contribution in [3.8, 4) is 17.2 Å². The Morgan fingerprint density at radius 2 is 2.29 bits per heavy atom. The summed E-state index contributed by atoms with van der Waals surface area (Å²) in [4.78, 5) is 4.17. The van der Waals surface area contributed by atoms with Gasteiger partial charge in [0.15, 0.2) is 0 Å². The van der Waals surface area contributed by atoms with Crippen LogP contribution in [0.15, 0.2) is 36.5 Å². The Morgan fingerprint density at radius 3 is 3.00 bits per heavy atom. The third-order valence-corrected chi connectivity index (χ3v) is 3.81. The number of aromatic nitrogens is 1. The molecule has 1 aliphatic heterocycles. The van der Waals surface area contributed by atoms with E-state index in [-0.39, 0.29) is 6.10 Å². The molecule has 1 aromatic carbocycles. The third kappa shape index (κ3) is 2.66. The molecule has 1 atom stereocenters. The first-order valence-electron chi connectivity index (χ1n) is 7.08.